The fraction of sp³-hybridized carbons (Fsp3) is 0.448. The zero-order chi connectivity index (χ0) is 26.1. The third-order valence-electron chi connectivity index (χ3n) is 8.62. The van der Waals surface area contributed by atoms with Crippen molar-refractivity contribution in [1.82, 2.24) is 20.4 Å². The summed E-state index contributed by atoms with van der Waals surface area (Å²) in [6.07, 6.45) is 3.83. The molecule has 2 atom stereocenters. The number of carbonyl (C=O) groups is 2. The van der Waals surface area contributed by atoms with Crippen LogP contribution in [0, 0.1) is 12.3 Å². The van der Waals surface area contributed by atoms with Crippen LogP contribution in [0.2, 0.25) is 0 Å². The summed E-state index contributed by atoms with van der Waals surface area (Å²) in [6, 6.07) is 12.4. The highest BCUT2D eigenvalue weighted by Gasteiger charge is 2.61. The first-order valence-corrected chi connectivity index (χ1v) is 13.0. The molecule has 3 aromatic rings. The van der Waals surface area contributed by atoms with Crippen LogP contribution in [-0.2, 0) is 0 Å². The van der Waals surface area contributed by atoms with Gasteiger partial charge in [-0.1, -0.05) is 32.9 Å². The van der Waals surface area contributed by atoms with E-state index in [0.29, 0.717) is 24.7 Å². The number of benzene rings is 2. The number of rotatable bonds is 4. The Labute approximate surface area is 216 Å². The van der Waals surface area contributed by atoms with Crippen molar-refractivity contribution in [2.45, 2.75) is 64.6 Å². The molecule has 2 saturated heterocycles. The molecule has 37 heavy (non-hydrogen) atoms. The van der Waals surface area contributed by atoms with Gasteiger partial charge in [0.05, 0.1) is 17.8 Å². The van der Waals surface area contributed by atoms with E-state index in [-0.39, 0.29) is 22.9 Å². The minimum atomic E-state index is -0.854. The molecule has 2 aliphatic heterocycles. The van der Waals surface area contributed by atoms with Crippen LogP contribution < -0.4 is 10.2 Å². The predicted octanol–water partition coefficient (Wildman–Crippen LogP) is 4.85. The molecule has 0 spiro atoms. The van der Waals surface area contributed by atoms with E-state index < -0.39 is 6.09 Å². The molecule has 192 valence electrons. The maximum Gasteiger partial charge on any atom is 0.407 e. The molecule has 8 heteroatoms. The van der Waals surface area contributed by atoms with Crippen LogP contribution >= 0.6 is 0 Å². The maximum atomic E-state index is 12.7. The third kappa shape index (κ3) is 3.81. The van der Waals surface area contributed by atoms with Crippen LogP contribution in [0.25, 0.3) is 21.9 Å². The summed E-state index contributed by atoms with van der Waals surface area (Å²) in [5, 5.41) is 23.7. The molecule has 0 radical (unpaired) electrons. The number of hydrogen-bond acceptors (Lipinski definition) is 5. The molecule has 3 fully saturated rings. The summed E-state index contributed by atoms with van der Waals surface area (Å²) >= 11 is 0. The van der Waals surface area contributed by atoms with Gasteiger partial charge in [-0.15, -0.1) is 5.10 Å². The quantitative estimate of drug-likeness (QED) is 0.532. The summed E-state index contributed by atoms with van der Waals surface area (Å²) in [4.78, 5) is 28.4. The molecule has 2 aromatic carbocycles. The van der Waals surface area contributed by atoms with Gasteiger partial charge >= 0.3 is 6.09 Å². The monoisotopic (exact) mass is 499 g/mol. The van der Waals surface area contributed by atoms with Crippen molar-refractivity contribution in [1.29, 1.82) is 0 Å². The number of carbonyl (C=O) groups excluding carboxylic acids is 1. The second-order valence-electron chi connectivity index (χ2n) is 11.9. The fourth-order valence-electron chi connectivity index (χ4n) is 6.19. The van der Waals surface area contributed by atoms with Gasteiger partial charge in [0.1, 0.15) is 0 Å². The summed E-state index contributed by atoms with van der Waals surface area (Å²) in [6.45, 7) is 9.66. The van der Waals surface area contributed by atoms with E-state index >= 15 is 0 Å². The van der Waals surface area contributed by atoms with E-state index in [9.17, 15) is 14.7 Å². The van der Waals surface area contributed by atoms with E-state index in [2.05, 4.69) is 66.3 Å². The number of amides is 2. The Hall–Kier alpha value is -3.68. The molecule has 3 aliphatic rings. The van der Waals surface area contributed by atoms with E-state index in [1.807, 2.05) is 18.2 Å². The van der Waals surface area contributed by atoms with Crippen LogP contribution in [0.5, 0.6) is 0 Å². The number of anilines is 1. The molecular formula is C29H33N5O3. The van der Waals surface area contributed by atoms with Gasteiger partial charge in [-0.05, 0) is 72.6 Å². The maximum absolute atomic E-state index is 12.7. The van der Waals surface area contributed by atoms with Crippen molar-refractivity contribution in [2.24, 2.45) is 5.41 Å². The molecule has 2 N–H and O–H groups in total. The standard InChI is InChI=1S/C29H33N5O3/c1-17-5-6-19(26(35)31-21-8-9-21)12-24(17)18-7-10-23-20(11-18)14-30-32-25(23)34-15-22-13-29(34,28(2,3)4)16-33(22)27(36)37/h5-7,10-12,14,21-22H,8-9,13,15-16H2,1-4H3,(H,31,35)(H,36,37)/t22-,29?/m0/s1. The Balaban J connectivity index is 1.38. The highest BCUT2D eigenvalue weighted by Crippen LogP contribution is 2.52. The minimum Gasteiger partial charge on any atom is -0.465 e. The average Bonchev–Trinajstić information content (AvgIpc) is 3.46. The van der Waals surface area contributed by atoms with Crippen LogP contribution in [0.15, 0.2) is 42.6 Å². The van der Waals surface area contributed by atoms with E-state index in [0.717, 1.165) is 52.5 Å². The predicted molar refractivity (Wildman–Crippen MR) is 143 cm³/mol. The molecule has 1 aliphatic carbocycles. The van der Waals surface area contributed by atoms with Crippen LogP contribution in [0.4, 0.5) is 10.6 Å². The van der Waals surface area contributed by atoms with Crippen molar-refractivity contribution < 1.29 is 14.7 Å². The smallest absolute Gasteiger partial charge is 0.407 e. The molecule has 8 nitrogen and oxygen atoms in total. The number of nitrogens with zero attached hydrogens (tertiary/aromatic N) is 4. The number of nitrogens with one attached hydrogen (secondary N) is 1. The number of piperazine rings is 1. The molecule has 1 unspecified atom stereocenters. The number of carboxylic acid groups (broad SMARTS) is 1. The summed E-state index contributed by atoms with van der Waals surface area (Å²) in [5.74, 6) is 0.783. The van der Waals surface area contributed by atoms with Gasteiger partial charge in [0.25, 0.3) is 5.91 Å². The van der Waals surface area contributed by atoms with Gasteiger partial charge in [-0.25, -0.2) is 4.79 Å². The molecule has 2 bridgehead atoms. The molecule has 2 amide bonds. The Morgan fingerprint density at radius 2 is 1.92 bits per heavy atom. The van der Waals surface area contributed by atoms with Crippen LogP contribution in [0.1, 0.15) is 56.0 Å². The Kier molecular flexibility index (Phi) is 5.23. The highest BCUT2D eigenvalue weighted by atomic mass is 16.4. The van der Waals surface area contributed by atoms with Crippen LogP contribution in [-0.4, -0.2) is 62.9 Å². The average molecular weight is 500 g/mol. The van der Waals surface area contributed by atoms with Crippen molar-refractivity contribution in [2.75, 3.05) is 18.0 Å². The SMILES string of the molecule is Cc1ccc(C(=O)NC2CC2)cc1-c1ccc2c(N3C[C@@H]4CC3(C(C)(C)C)CN4C(=O)O)nncc2c1. The molecule has 1 aromatic heterocycles. The number of hydrogen-bond donors (Lipinski definition) is 2. The van der Waals surface area contributed by atoms with Crippen molar-refractivity contribution in [3.63, 3.8) is 0 Å². The van der Waals surface area contributed by atoms with E-state index in [4.69, 9.17) is 0 Å². The van der Waals surface area contributed by atoms with Gasteiger partial charge in [0, 0.05) is 35.5 Å². The molecule has 6 rings (SSSR count). The van der Waals surface area contributed by atoms with E-state index in [1.54, 1.807) is 11.1 Å². The topological polar surface area (TPSA) is 98.7 Å². The normalized spacial score (nSPS) is 23.1. The number of aryl methyl sites for hydroxylation is 1. The Morgan fingerprint density at radius 1 is 1.14 bits per heavy atom. The zero-order valence-electron chi connectivity index (χ0n) is 21.8. The van der Waals surface area contributed by atoms with Gasteiger partial charge in [0.2, 0.25) is 0 Å². The lowest BCUT2D eigenvalue weighted by Crippen LogP contribution is -2.61. The number of fused-ring (bicyclic) bond motifs is 3. The van der Waals surface area contributed by atoms with Gasteiger partial charge < -0.3 is 20.2 Å². The molecule has 1 saturated carbocycles. The first-order chi connectivity index (χ1) is 17.6. The molecular weight excluding hydrogens is 466 g/mol. The van der Waals surface area contributed by atoms with Crippen molar-refractivity contribution in [3.8, 4) is 11.1 Å². The highest BCUT2D eigenvalue weighted by molar-refractivity contribution is 5.98. The lowest BCUT2D eigenvalue weighted by atomic mass is 9.72. The first-order valence-electron chi connectivity index (χ1n) is 13.0. The van der Waals surface area contributed by atoms with Crippen molar-refractivity contribution in [3.05, 3.63) is 53.7 Å². The third-order valence-corrected chi connectivity index (χ3v) is 8.62. The molecule has 3 heterocycles. The summed E-state index contributed by atoms with van der Waals surface area (Å²) < 4.78 is 0. The van der Waals surface area contributed by atoms with E-state index in [1.165, 1.54) is 0 Å². The second-order valence-corrected chi connectivity index (χ2v) is 11.9. The lowest BCUT2D eigenvalue weighted by molar-refractivity contribution is 0.0950. The Morgan fingerprint density at radius 3 is 2.62 bits per heavy atom. The number of aromatic nitrogens is 2. The minimum absolute atomic E-state index is 0.0235. The first kappa shape index (κ1) is 23.7. The van der Waals surface area contributed by atoms with Gasteiger partial charge in [-0.3, -0.25) is 4.79 Å². The lowest BCUT2D eigenvalue weighted by Gasteiger charge is -2.49. The number of likely N-dealkylation sites (tertiary alicyclic amines) is 1. The Bertz CT molecular complexity index is 1430. The fourth-order valence-corrected chi connectivity index (χ4v) is 6.19. The largest absolute Gasteiger partial charge is 0.465 e. The second kappa shape index (κ2) is 8.16. The van der Waals surface area contributed by atoms with Crippen molar-refractivity contribution >= 4 is 28.6 Å². The summed E-state index contributed by atoms with van der Waals surface area (Å²) in [7, 11) is 0. The summed E-state index contributed by atoms with van der Waals surface area (Å²) in [5.41, 5.74) is 3.31. The zero-order valence-corrected chi connectivity index (χ0v) is 21.8. The van der Waals surface area contributed by atoms with Gasteiger partial charge in [-0.2, -0.15) is 5.10 Å². The van der Waals surface area contributed by atoms with Crippen LogP contribution in [0.3, 0.4) is 0 Å². The van der Waals surface area contributed by atoms with Gasteiger partial charge in [0.15, 0.2) is 5.82 Å².